The van der Waals surface area contributed by atoms with E-state index in [1.165, 1.54) is 0 Å². The summed E-state index contributed by atoms with van der Waals surface area (Å²) in [6.45, 7) is 3.82. The summed E-state index contributed by atoms with van der Waals surface area (Å²) in [6.07, 6.45) is 0. The molecule has 1 aliphatic heterocycles. The van der Waals surface area contributed by atoms with Crippen molar-refractivity contribution in [3.05, 3.63) is 59.9 Å². The highest BCUT2D eigenvalue weighted by Gasteiger charge is 2.15. The van der Waals surface area contributed by atoms with E-state index >= 15 is 0 Å². The molecule has 2 heterocycles. The molecule has 27 heavy (non-hydrogen) atoms. The predicted molar refractivity (Wildman–Crippen MR) is 102 cm³/mol. The molecule has 0 spiro atoms. The van der Waals surface area contributed by atoms with Crippen molar-refractivity contribution in [1.29, 1.82) is 0 Å². The van der Waals surface area contributed by atoms with E-state index in [0.29, 0.717) is 18.1 Å². The Balaban J connectivity index is 1.67. The van der Waals surface area contributed by atoms with Gasteiger partial charge in [0, 0.05) is 24.2 Å². The van der Waals surface area contributed by atoms with Gasteiger partial charge >= 0.3 is 5.97 Å². The van der Waals surface area contributed by atoms with Crippen LogP contribution in [0.25, 0.3) is 10.9 Å². The molecular formula is C20H20N4O3. The van der Waals surface area contributed by atoms with Crippen molar-refractivity contribution in [2.75, 3.05) is 31.6 Å². The zero-order valence-corrected chi connectivity index (χ0v) is 14.8. The number of rotatable bonds is 5. The van der Waals surface area contributed by atoms with Gasteiger partial charge < -0.3 is 15.2 Å². The minimum absolute atomic E-state index is 0.229. The second kappa shape index (κ2) is 7.69. The van der Waals surface area contributed by atoms with Crippen LogP contribution in [0.2, 0.25) is 0 Å². The molecule has 138 valence electrons. The van der Waals surface area contributed by atoms with Gasteiger partial charge in [-0.15, -0.1) is 0 Å². The Labute approximate surface area is 156 Å². The molecule has 3 aromatic rings. The minimum atomic E-state index is -0.959. The molecule has 1 aliphatic rings. The van der Waals surface area contributed by atoms with Crippen molar-refractivity contribution in [3.8, 4) is 0 Å². The van der Waals surface area contributed by atoms with Gasteiger partial charge in [-0.25, -0.2) is 14.8 Å². The number of carbonyl (C=O) groups is 1. The van der Waals surface area contributed by atoms with E-state index in [4.69, 9.17) is 9.72 Å². The highest BCUT2D eigenvalue weighted by Crippen LogP contribution is 2.25. The van der Waals surface area contributed by atoms with E-state index in [2.05, 4.69) is 15.2 Å². The summed E-state index contributed by atoms with van der Waals surface area (Å²) < 4.78 is 5.40. The Bertz CT molecular complexity index is 970. The fraction of sp³-hybridized carbons (Fsp3) is 0.250. The Morgan fingerprint density at radius 2 is 1.93 bits per heavy atom. The number of morpholine rings is 1. The maximum Gasteiger partial charge on any atom is 0.335 e. The number of aromatic carboxylic acids is 1. The molecule has 0 radical (unpaired) electrons. The molecule has 0 saturated carbocycles. The molecule has 7 heteroatoms. The van der Waals surface area contributed by atoms with Crippen LogP contribution in [0.3, 0.4) is 0 Å². The van der Waals surface area contributed by atoms with Gasteiger partial charge in [0.25, 0.3) is 0 Å². The summed E-state index contributed by atoms with van der Waals surface area (Å²) in [5, 5.41) is 13.4. The van der Waals surface area contributed by atoms with Crippen LogP contribution in [0.4, 0.5) is 11.5 Å². The van der Waals surface area contributed by atoms with Crippen LogP contribution in [0, 0.1) is 0 Å². The highest BCUT2D eigenvalue weighted by molar-refractivity contribution is 5.92. The van der Waals surface area contributed by atoms with Crippen LogP contribution in [0.5, 0.6) is 0 Å². The van der Waals surface area contributed by atoms with E-state index in [-0.39, 0.29) is 5.56 Å². The van der Waals surface area contributed by atoms with Crippen LogP contribution in [0.1, 0.15) is 16.2 Å². The van der Waals surface area contributed by atoms with E-state index < -0.39 is 5.97 Å². The number of aromatic nitrogens is 2. The Kier molecular flexibility index (Phi) is 4.95. The fourth-order valence-electron chi connectivity index (χ4n) is 3.12. The molecule has 0 unspecified atom stereocenters. The van der Waals surface area contributed by atoms with E-state index in [0.717, 1.165) is 43.0 Å². The molecule has 1 aromatic heterocycles. The zero-order chi connectivity index (χ0) is 18.6. The number of para-hydroxylation sites is 1. The number of carboxylic acid groups (broad SMARTS) is 1. The van der Waals surface area contributed by atoms with Crippen molar-refractivity contribution in [1.82, 2.24) is 14.9 Å². The average molecular weight is 364 g/mol. The molecule has 0 amide bonds. The molecule has 1 fully saturated rings. The SMILES string of the molecule is O=C(O)c1cccc(Nc2nc(CN3CCOCC3)nc3ccccc23)c1. The van der Waals surface area contributed by atoms with Gasteiger partial charge in [-0.2, -0.15) is 0 Å². The van der Waals surface area contributed by atoms with Gasteiger partial charge in [-0.05, 0) is 30.3 Å². The molecule has 7 nitrogen and oxygen atoms in total. The van der Waals surface area contributed by atoms with Gasteiger partial charge in [-0.3, -0.25) is 4.90 Å². The predicted octanol–water partition coefficient (Wildman–Crippen LogP) is 2.90. The topological polar surface area (TPSA) is 87.6 Å². The molecule has 2 aromatic carbocycles. The lowest BCUT2D eigenvalue weighted by atomic mass is 10.2. The lowest BCUT2D eigenvalue weighted by Gasteiger charge is -2.26. The first kappa shape index (κ1) is 17.4. The normalized spacial score (nSPS) is 15.0. The summed E-state index contributed by atoms with van der Waals surface area (Å²) in [6, 6.07) is 14.5. The molecule has 0 bridgehead atoms. The first-order valence-corrected chi connectivity index (χ1v) is 8.85. The lowest BCUT2D eigenvalue weighted by Crippen LogP contribution is -2.36. The molecule has 0 aliphatic carbocycles. The number of hydrogen-bond acceptors (Lipinski definition) is 6. The summed E-state index contributed by atoms with van der Waals surface area (Å²) in [5.74, 6) is 0.443. The van der Waals surface area contributed by atoms with Crippen LogP contribution < -0.4 is 5.32 Å². The third-order valence-corrected chi connectivity index (χ3v) is 4.49. The summed E-state index contributed by atoms with van der Waals surface area (Å²) in [7, 11) is 0. The Morgan fingerprint density at radius 3 is 2.74 bits per heavy atom. The van der Waals surface area contributed by atoms with Gasteiger partial charge in [0.15, 0.2) is 0 Å². The molecular weight excluding hydrogens is 344 g/mol. The average Bonchev–Trinajstić information content (AvgIpc) is 2.69. The van der Waals surface area contributed by atoms with Crippen LogP contribution >= 0.6 is 0 Å². The van der Waals surface area contributed by atoms with Crippen LogP contribution in [-0.4, -0.2) is 52.2 Å². The lowest BCUT2D eigenvalue weighted by molar-refractivity contribution is 0.0331. The van der Waals surface area contributed by atoms with Crippen molar-refractivity contribution in [2.24, 2.45) is 0 Å². The largest absolute Gasteiger partial charge is 0.478 e. The standard InChI is InChI=1S/C20H20N4O3/c25-20(26)14-4-3-5-15(12-14)21-19-16-6-1-2-7-17(16)22-18(23-19)13-24-8-10-27-11-9-24/h1-7,12H,8-11,13H2,(H,25,26)(H,21,22,23). The van der Waals surface area contributed by atoms with Crippen LogP contribution in [0.15, 0.2) is 48.5 Å². The molecule has 1 saturated heterocycles. The summed E-state index contributed by atoms with van der Waals surface area (Å²) in [5.41, 5.74) is 1.76. The van der Waals surface area contributed by atoms with Gasteiger partial charge in [0.2, 0.25) is 0 Å². The quantitative estimate of drug-likeness (QED) is 0.720. The third-order valence-electron chi connectivity index (χ3n) is 4.49. The van der Waals surface area contributed by atoms with Crippen molar-refractivity contribution < 1.29 is 14.6 Å². The van der Waals surface area contributed by atoms with Gasteiger partial charge in [0.05, 0.1) is 30.8 Å². The molecule has 4 rings (SSSR count). The third kappa shape index (κ3) is 4.05. The highest BCUT2D eigenvalue weighted by atomic mass is 16.5. The number of benzene rings is 2. The van der Waals surface area contributed by atoms with E-state index in [1.807, 2.05) is 30.3 Å². The number of anilines is 2. The monoisotopic (exact) mass is 364 g/mol. The number of carboxylic acids is 1. The summed E-state index contributed by atoms with van der Waals surface area (Å²) >= 11 is 0. The first-order valence-electron chi connectivity index (χ1n) is 8.85. The summed E-state index contributed by atoms with van der Waals surface area (Å²) in [4.78, 5) is 22.9. The minimum Gasteiger partial charge on any atom is -0.478 e. The van der Waals surface area contributed by atoms with Crippen molar-refractivity contribution in [3.63, 3.8) is 0 Å². The number of hydrogen-bond donors (Lipinski definition) is 2. The van der Waals surface area contributed by atoms with E-state index in [1.54, 1.807) is 18.2 Å². The smallest absolute Gasteiger partial charge is 0.335 e. The number of fused-ring (bicyclic) bond motifs is 1. The van der Waals surface area contributed by atoms with Gasteiger partial charge in [-0.1, -0.05) is 18.2 Å². The van der Waals surface area contributed by atoms with Crippen LogP contribution in [-0.2, 0) is 11.3 Å². The van der Waals surface area contributed by atoms with Crippen molar-refractivity contribution >= 4 is 28.4 Å². The van der Waals surface area contributed by atoms with E-state index in [9.17, 15) is 9.90 Å². The number of ether oxygens (including phenoxy) is 1. The second-order valence-electron chi connectivity index (χ2n) is 6.41. The Morgan fingerprint density at radius 1 is 1.11 bits per heavy atom. The zero-order valence-electron chi connectivity index (χ0n) is 14.8. The first-order chi connectivity index (χ1) is 13.2. The molecule has 0 atom stereocenters. The fourth-order valence-corrected chi connectivity index (χ4v) is 3.12. The second-order valence-corrected chi connectivity index (χ2v) is 6.41. The molecule has 2 N–H and O–H groups in total. The van der Waals surface area contributed by atoms with Gasteiger partial charge in [0.1, 0.15) is 11.6 Å². The Hall–Kier alpha value is -3.03. The maximum absolute atomic E-state index is 11.2. The number of nitrogens with zero attached hydrogens (tertiary/aromatic N) is 3. The maximum atomic E-state index is 11.2. The number of nitrogens with one attached hydrogen (secondary N) is 1. The van der Waals surface area contributed by atoms with Crippen molar-refractivity contribution in [2.45, 2.75) is 6.54 Å².